The number of carbonyl (C=O) groups excluding carboxylic acids is 2. The number of hydrogen-bond acceptors (Lipinski definition) is 2. The zero-order valence-electron chi connectivity index (χ0n) is 6.77. The molecule has 11 heavy (non-hydrogen) atoms. The molecule has 0 bridgehead atoms. The third-order valence-corrected chi connectivity index (χ3v) is 2.07. The third kappa shape index (κ3) is 3.30. The molecule has 0 aromatic rings. The highest BCUT2D eigenvalue weighted by molar-refractivity contribution is 5.82. The molecule has 0 N–H and O–H groups in total. The fourth-order valence-electron chi connectivity index (χ4n) is 1.38. The van der Waals surface area contributed by atoms with Crippen molar-refractivity contribution in [2.45, 2.75) is 44.9 Å². The molecule has 2 nitrogen and oxygen atoms in total. The van der Waals surface area contributed by atoms with E-state index < -0.39 is 0 Å². The van der Waals surface area contributed by atoms with Crippen LogP contribution >= 0.6 is 0 Å². The van der Waals surface area contributed by atoms with Gasteiger partial charge in [0.05, 0.1) is 0 Å². The lowest BCUT2D eigenvalue weighted by molar-refractivity contribution is -0.119. The van der Waals surface area contributed by atoms with Gasteiger partial charge in [0.25, 0.3) is 0 Å². The molecular weight excluding hydrogens is 140 g/mol. The summed E-state index contributed by atoms with van der Waals surface area (Å²) in [6.45, 7) is 0. The molecule has 62 valence electrons. The molecule has 0 spiro atoms. The van der Waals surface area contributed by atoms with Crippen LogP contribution < -0.4 is 0 Å². The van der Waals surface area contributed by atoms with Crippen LogP contribution in [0.4, 0.5) is 0 Å². The molecule has 1 aliphatic rings. The molecule has 1 aliphatic carbocycles. The Kier molecular flexibility index (Phi) is 3.27. The van der Waals surface area contributed by atoms with E-state index in [2.05, 4.69) is 0 Å². The van der Waals surface area contributed by atoms with E-state index in [0.717, 1.165) is 19.3 Å². The number of carbonyl (C=O) groups is 2. The first-order chi connectivity index (χ1) is 5.29. The highest BCUT2D eigenvalue weighted by atomic mass is 16.1. The summed E-state index contributed by atoms with van der Waals surface area (Å²) in [5, 5.41) is 0. The molecule has 1 fully saturated rings. The SMILES string of the molecule is O=C1CCCCC(=O)CCC1. The van der Waals surface area contributed by atoms with Gasteiger partial charge in [-0.1, -0.05) is 0 Å². The minimum Gasteiger partial charge on any atom is -0.300 e. The topological polar surface area (TPSA) is 34.1 Å². The fraction of sp³-hybridized carbons (Fsp3) is 0.778. The maximum absolute atomic E-state index is 11.0. The van der Waals surface area contributed by atoms with Crippen molar-refractivity contribution >= 4 is 11.6 Å². The van der Waals surface area contributed by atoms with Crippen molar-refractivity contribution in [1.82, 2.24) is 0 Å². The second-order valence-corrected chi connectivity index (χ2v) is 3.14. The van der Waals surface area contributed by atoms with Gasteiger partial charge in [0.1, 0.15) is 11.6 Å². The van der Waals surface area contributed by atoms with Gasteiger partial charge in [0.15, 0.2) is 0 Å². The lowest BCUT2D eigenvalue weighted by atomic mass is 10.1. The van der Waals surface area contributed by atoms with Crippen LogP contribution in [0.1, 0.15) is 44.9 Å². The lowest BCUT2D eigenvalue weighted by Crippen LogP contribution is -1.97. The first-order valence-corrected chi connectivity index (χ1v) is 4.32. The van der Waals surface area contributed by atoms with Crippen LogP contribution in [0.15, 0.2) is 0 Å². The van der Waals surface area contributed by atoms with E-state index in [4.69, 9.17) is 0 Å². The maximum Gasteiger partial charge on any atom is 0.132 e. The predicted molar refractivity (Wildman–Crippen MR) is 42.3 cm³/mol. The monoisotopic (exact) mass is 154 g/mol. The quantitative estimate of drug-likeness (QED) is 0.533. The van der Waals surface area contributed by atoms with Crippen molar-refractivity contribution in [3.8, 4) is 0 Å². The Morgan fingerprint density at radius 1 is 0.636 bits per heavy atom. The summed E-state index contributed by atoms with van der Waals surface area (Å²) in [5.41, 5.74) is 0. The van der Waals surface area contributed by atoms with Gasteiger partial charge >= 0.3 is 0 Å². The largest absolute Gasteiger partial charge is 0.300 e. The van der Waals surface area contributed by atoms with E-state index in [9.17, 15) is 9.59 Å². The smallest absolute Gasteiger partial charge is 0.132 e. The molecule has 1 saturated carbocycles. The Balaban J connectivity index is 2.35. The maximum atomic E-state index is 11.0. The molecule has 0 atom stereocenters. The molecule has 0 amide bonds. The van der Waals surface area contributed by atoms with Gasteiger partial charge in [0, 0.05) is 25.7 Å². The van der Waals surface area contributed by atoms with Crippen molar-refractivity contribution in [2.24, 2.45) is 0 Å². The molecule has 0 heterocycles. The second-order valence-electron chi connectivity index (χ2n) is 3.14. The van der Waals surface area contributed by atoms with Gasteiger partial charge in [-0.05, 0) is 19.3 Å². The van der Waals surface area contributed by atoms with Crippen LogP contribution in [0.2, 0.25) is 0 Å². The van der Waals surface area contributed by atoms with E-state index in [1.165, 1.54) is 0 Å². The zero-order valence-corrected chi connectivity index (χ0v) is 6.77. The number of rotatable bonds is 0. The van der Waals surface area contributed by atoms with Crippen molar-refractivity contribution in [3.05, 3.63) is 0 Å². The van der Waals surface area contributed by atoms with Crippen LogP contribution in [-0.2, 0) is 9.59 Å². The average molecular weight is 154 g/mol. The molecule has 0 aromatic heterocycles. The van der Waals surface area contributed by atoms with Crippen LogP contribution in [0.3, 0.4) is 0 Å². The van der Waals surface area contributed by atoms with Gasteiger partial charge in [-0.25, -0.2) is 0 Å². The minimum absolute atomic E-state index is 0.333. The Bertz CT molecular complexity index is 143. The first-order valence-electron chi connectivity index (χ1n) is 4.32. The minimum atomic E-state index is 0.333. The van der Waals surface area contributed by atoms with E-state index in [0.29, 0.717) is 37.2 Å². The number of ketones is 2. The predicted octanol–water partition coefficient (Wildman–Crippen LogP) is 1.87. The zero-order chi connectivity index (χ0) is 8.10. The second kappa shape index (κ2) is 4.27. The van der Waals surface area contributed by atoms with E-state index in [1.54, 1.807) is 0 Å². The summed E-state index contributed by atoms with van der Waals surface area (Å²) >= 11 is 0. The fourth-order valence-corrected chi connectivity index (χ4v) is 1.38. The van der Waals surface area contributed by atoms with Crippen LogP contribution in [0, 0.1) is 0 Å². The number of Topliss-reactive ketones (excluding diaryl/α,β-unsaturated/α-hetero) is 2. The van der Waals surface area contributed by atoms with Crippen LogP contribution in [-0.4, -0.2) is 11.6 Å². The summed E-state index contributed by atoms with van der Waals surface area (Å²) in [6.07, 6.45) is 5.20. The summed E-state index contributed by atoms with van der Waals surface area (Å²) < 4.78 is 0. The summed E-state index contributed by atoms with van der Waals surface area (Å²) in [4.78, 5) is 22.0. The molecule has 0 unspecified atom stereocenters. The van der Waals surface area contributed by atoms with Crippen LogP contribution in [0.5, 0.6) is 0 Å². The molecular formula is C9H14O2. The normalized spacial score (nSPS) is 22.2. The van der Waals surface area contributed by atoms with Crippen molar-refractivity contribution in [1.29, 1.82) is 0 Å². The molecule has 1 rings (SSSR count). The Morgan fingerprint density at radius 2 is 1.00 bits per heavy atom. The summed E-state index contributed by atoms with van der Waals surface area (Å²) in [5.74, 6) is 0.666. The molecule has 2 heteroatoms. The van der Waals surface area contributed by atoms with Gasteiger partial charge < -0.3 is 0 Å². The average Bonchev–Trinajstić information content (AvgIpc) is 2.04. The molecule has 0 saturated heterocycles. The van der Waals surface area contributed by atoms with E-state index in [1.807, 2.05) is 0 Å². The highest BCUT2D eigenvalue weighted by Crippen LogP contribution is 2.11. The molecule has 0 aliphatic heterocycles. The lowest BCUT2D eigenvalue weighted by Gasteiger charge is -1.93. The number of hydrogen-bond donors (Lipinski definition) is 0. The standard InChI is InChI=1S/C9H14O2/c10-8-4-1-2-5-9(11)7-3-6-8/h1-7H2. The first kappa shape index (κ1) is 8.44. The van der Waals surface area contributed by atoms with Crippen LogP contribution in [0.25, 0.3) is 0 Å². The summed E-state index contributed by atoms with van der Waals surface area (Å²) in [7, 11) is 0. The highest BCUT2D eigenvalue weighted by Gasteiger charge is 2.08. The Hall–Kier alpha value is -0.660. The van der Waals surface area contributed by atoms with Gasteiger partial charge in [-0.2, -0.15) is 0 Å². The van der Waals surface area contributed by atoms with Crippen molar-refractivity contribution in [2.75, 3.05) is 0 Å². The van der Waals surface area contributed by atoms with Crippen molar-refractivity contribution < 1.29 is 9.59 Å². The summed E-state index contributed by atoms with van der Waals surface area (Å²) in [6, 6.07) is 0. The Morgan fingerprint density at radius 3 is 1.45 bits per heavy atom. The van der Waals surface area contributed by atoms with Gasteiger partial charge in [0.2, 0.25) is 0 Å². The van der Waals surface area contributed by atoms with Gasteiger partial charge in [-0.15, -0.1) is 0 Å². The van der Waals surface area contributed by atoms with Gasteiger partial charge in [-0.3, -0.25) is 9.59 Å². The molecule has 0 radical (unpaired) electrons. The third-order valence-electron chi connectivity index (χ3n) is 2.07. The van der Waals surface area contributed by atoms with E-state index in [-0.39, 0.29) is 0 Å². The molecule has 0 aromatic carbocycles. The van der Waals surface area contributed by atoms with E-state index >= 15 is 0 Å². The van der Waals surface area contributed by atoms with Crippen molar-refractivity contribution in [3.63, 3.8) is 0 Å². The Labute approximate surface area is 67.0 Å².